The molecule has 5 nitrogen and oxygen atoms in total. The first-order chi connectivity index (χ1) is 13.1. The molecular weight excluding hydrogens is 338 g/mol. The zero-order valence-corrected chi connectivity index (χ0v) is 16.4. The van der Waals surface area contributed by atoms with Gasteiger partial charge in [0.15, 0.2) is 0 Å². The van der Waals surface area contributed by atoms with Crippen LogP contribution < -0.4 is 15.0 Å². The van der Waals surface area contributed by atoms with Gasteiger partial charge < -0.3 is 15.0 Å². The van der Waals surface area contributed by atoms with Crippen LogP contribution in [0.25, 0.3) is 0 Å². The van der Waals surface area contributed by atoms with Crippen molar-refractivity contribution in [3.63, 3.8) is 0 Å². The van der Waals surface area contributed by atoms with Crippen molar-refractivity contribution in [3.8, 4) is 5.75 Å². The molecule has 5 heteroatoms. The number of benzene rings is 2. The summed E-state index contributed by atoms with van der Waals surface area (Å²) in [6.45, 7) is 7.49. The molecule has 0 aromatic heterocycles. The second kappa shape index (κ2) is 8.91. The zero-order chi connectivity index (χ0) is 19.2. The fraction of sp³-hybridized carbons (Fsp3) is 0.409. The Morgan fingerprint density at radius 3 is 2.26 bits per heavy atom. The van der Waals surface area contributed by atoms with Gasteiger partial charge in [-0.15, -0.1) is 0 Å². The highest BCUT2D eigenvalue weighted by molar-refractivity contribution is 5.81. The van der Waals surface area contributed by atoms with E-state index < -0.39 is 0 Å². The third-order valence-corrected chi connectivity index (χ3v) is 5.33. The first-order valence-electron chi connectivity index (χ1n) is 9.57. The van der Waals surface area contributed by atoms with Crippen molar-refractivity contribution >= 4 is 11.6 Å². The Balaban J connectivity index is 1.55. The highest BCUT2D eigenvalue weighted by Crippen LogP contribution is 2.28. The molecule has 1 amide bonds. The molecule has 2 atom stereocenters. The van der Waals surface area contributed by atoms with E-state index in [-0.39, 0.29) is 18.0 Å². The lowest BCUT2D eigenvalue weighted by atomic mass is 10.1. The van der Waals surface area contributed by atoms with Crippen molar-refractivity contribution in [1.82, 2.24) is 10.2 Å². The molecule has 0 bridgehead atoms. The van der Waals surface area contributed by atoms with E-state index in [0.29, 0.717) is 0 Å². The predicted octanol–water partition coefficient (Wildman–Crippen LogP) is 3.08. The molecule has 1 fully saturated rings. The summed E-state index contributed by atoms with van der Waals surface area (Å²) in [5.41, 5.74) is 2.24. The van der Waals surface area contributed by atoms with E-state index in [0.717, 1.165) is 43.2 Å². The second-order valence-electron chi connectivity index (χ2n) is 7.01. The lowest BCUT2D eigenvalue weighted by molar-refractivity contribution is -0.126. The van der Waals surface area contributed by atoms with Crippen LogP contribution >= 0.6 is 0 Å². The van der Waals surface area contributed by atoms with Gasteiger partial charge in [-0.2, -0.15) is 0 Å². The van der Waals surface area contributed by atoms with Gasteiger partial charge in [-0.05, 0) is 31.5 Å². The van der Waals surface area contributed by atoms with Gasteiger partial charge in [0.25, 0.3) is 0 Å². The molecule has 1 aliphatic rings. The maximum atomic E-state index is 12.7. The number of ether oxygens (including phenoxy) is 1. The molecule has 2 aromatic carbocycles. The SMILES string of the molecule is COc1ccccc1N1CCN([C@@H](C)C(=O)N[C@H](C)c2ccccc2)CC1. The van der Waals surface area contributed by atoms with Crippen LogP contribution in [-0.2, 0) is 4.79 Å². The molecule has 144 valence electrons. The molecule has 3 rings (SSSR count). The fourth-order valence-corrected chi connectivity index (χ4v) is 3.57. The third-order valence-electron chi connectivity index (χ3n) is 5.33. The Morgan fingerprint density at radius 2 is 1.59 bits per heavy atom. The van der Waals surface area contributed by atoms with E-state index in [2.05, 4.69) is 21.2 Å². The van der Waals surface area contributed by atoms with Crippen molar-refractivity contribution in [3.05, 3.63) is 60.2 Å². The number of anilines is 1. The van der Waals surface area contributed by atoms with Crippen LogP contribution in [0.4, 0.5) is 5.69 Å². The average Bonchev–Trinajstić information content (AvgIpc) is 2.73. The molecule has 0 saturated carbocycles. The van der Waals surface area contributed by atoms with E-state index in [1.165, 1.54) is 0 Å². The first-order valence-corrected chi connectivity index (χ1v) is 9.57. The van der Waals surface area contributed by atoms with Crippen LogP contribution in [0.2, 0.25) is 0 Å². The number of rotatable bonds is 6. The van der Waals surface area contributed by atoms with E-state index in [9.17, 15) is 4.79 Å². The Hall–Kier alpha value is -2.53. The Morgan fingerprint density at radius 1 is 0.963 bits per heavy atom. The molecule has 1 heterocycles. The topological polar surface area (TPSA) is 44.8 Å². The summed E-state index contributed by atoms with van der Waals surface area (Å²) < 4.78 is 5.48. The highest BCUT2D eigenvalue weighted by Gasteiger charge is 2.27. The summed E-state index contributed by atoms with van der Waals surface area (Å²) in [4.78, 5) is 17.3. The number of nitrogens with one attached hydrogen (secondary N) is 1. The maximum Gasteiger partial charge on any atom is 0.237 e. The van der Waals surface area contributed by atoms with Gasteiger partial charge in [-0.1, -0.05) is 42.5 Å². The molecule has 1 N–H and O–H groups in total. The summed E-state index contributed by atoms with van der Waals surface area (Å²) in [7, 11) is 1.70. The van der Waals surface area contributed by atoms with E-state index in [1.54, 1.807) is 7.11 Å². The van der Waals surface area contributed by atoms with Crippen molar-refractivity contribution in [2.75, 3.05) is 38.2 Å². The number of piperazine rings is 1. The molecular formula is C22H29N3O2. The second-order valence-corrected chi connectivity index (χ2v) is 7.01. The van der Waals surface area contributed by atoms with Crippen molar-refractivity contribution < 1.29 is 9.53 Å². The van der Waals surface area contributed by atoms with Crippen LogP contribution in [0.3, 0.4) is 0 Å². The summed E-state index contributed by atoms with van der Waals surface area (Å²) in [6.07, 6.45) is 0. The Bertz CT molecular complexity index is 742. The van der Waals surface area contributed by atoms with Gasteiger partial charge in [0.05, 0.1) is 24.9 Å². The van der Waals surface area contributed by atoms with Crippen molar-refractivity contribution in [2.24, 2.45) is 0 Å². The molecule has 0 aliphatic carbocycles. The number of hydrogen-bond donors (Lipinski definition) is 1. The molecule has 1 aliphatic heterocycles. The number of hydrogen-bond acceptors (Lipinski definition) is 4. The van der Waals surface area contributed by atoms with Crippen molar-refractivity contribution in [1.29, 1.82) is 0 Å². The van der Waals surface area contributed by atoms with Gasteiger partial charge in [0.1, 0.15) is 5.75 Å². The minimum absolute atomic E-state index is 0.0102. The first kappa shape index (κ1) is 19.2. The smallest absolute Gasteiger partial charge is 0.237 e. The largest absolute Gasteiger partial charge is 0.495 e. The number of carbonyl (C=O) groups excluding carboxylic acids is 1. The number of methoxy groups -OCH3 is 1. The predicted molar refractivity (Wildman–Crippen MR) is 109 cm³/mol. The van der Waals surface area contributed by atoms with Gasteiger partial charge in [0, 0.05) is 26.2 Å². The van der Waals surface area contributed by atoms with Crippen molar-refractivity contribution in [2.45, 2.75) is 25.9 Å². The highest BCUT2D eigenvalue weighted by atomic mass is 16.5. The number of nitrogens with zero attached hydrogens (tertiary/aromatic N) is 2. The Labute approximate surface area is 161 Å². The molecule has 0 radical (unpaired) electrons. The number of carbonyl (C=O) groups is 1. The van der Waals surface area contributed by atoms with Crippen LogP contribution in [0, 0.1) is 0 Å². The van der Waals surface area contributed by atoms with Crippen LogP contribution in [-0.4, -0.2) is 50.1 Å². The lowest BCUT2D eigenvalue weighted by Gasteiger charge is -2.39. The number of amides is 1. The van der Waals surface area contributed by atoms with Crippen LogP contribution in [0.15, 0.2) is 54.6 Å². The summed E-state index contributed by atoms with van der Waals surface area (Å²) in [6, 6.07) is 18.0. The van der Waals surface area contributed by atoms with Gasteiger partial charge in [0.2, 0.25) is 5.91 Å². The minimum Gasteiger partial charge on any atom is -0.495 e. The van der Waals surface area contributed by atoms with Crippen LogP contribution in [0.1, 0.15) is 25.5 Å². The average molecular weight is 367 g/mol. The van der Waals surface area contributed by atoms with E-state index >= 15 is 0 Å². The molecule has 2 aromatic rings. The standard InChI is InChI=1S/C22H29N3O2/c1-17(19-9-5-4-6-10-19)23-22(26)18(2)24-13-15-25(16-14-24)20-11-7-8-12-21(20)27-3/h4-12,17-18H,13-16H2,1-3H3,(H,23,26)/t17-,18+/m1/s1. The summed E-state index contributed by atoms with van der Waals surface area (Å²) in [5.74, 6) is 0.977. The maximum absolute atomic E-state index is 12.7. The molecule has 1 saturated heterocycles. The Kier molecular flexibility index (Phi) is 6.35. The zero-order valence-electron chi connectivity index (χ0n) is 16.4. The van der Waals surface area contributed by atoms with Gasteiger partial charge in [-0.3, -0.25) is 9.69 Å². The molecule has 27 heavy (non-hydrogen) atoms. The van der Waals surface area contributed by atoms with E-state index in [4.69, 9.17) is 4.74 Å². The van der Waals surface area contributed by atoms with Gasteiger partial charge >= 0.3 is 0 Å². The molecule has 0 spiro atoms. The van der Waals surface area contributed by atoms with E-state index in [1.807, 2.05) is 62.4 Å². The summed E-state index contributed by atoms with van der Waals surface area (Å²) in [5, 5.41) is 3.14. The summed E-state index contributed by atoms with van der Waals surface area (Å²) >= 11 is 0. The number of para-hydroxylation sites is 2. The van der Waals surface area contributed by atoms with Crippen LogP contribution in [0.5, 0.6) is 5.75 Å². The van der Waals surface area contributed by atoms with Gasteiger partial charge in [-0.25, -0.2) is 0 Å². The quantitative estimate of drug-likeness (QED) is 0.852. The molecule has 0 unspecified atom stereocenters. The normalized spacial score (nSPS) is 17.2. The monoisotopic (exact) mass is 367 g/mol. The third kappa shape index (κ3) is 4.61. The lowest BCUT2D eigenvalue weighted by Crippen LogP contribution is -2.54. The minimum atomic E-state index is -0.143. The fourth-order valence-electron chi connectivity index (χ4n) is 3.57.